The molecule has 2 unspecified atom stereocenters. The zero-order chi connectivity index (χ0) is 13.7. The molecule has 0 radical (unpaired) electrons. The molecule has 0 amide bonds. The highest BCUT2D eigenvalue weighted by atomic mass is 16.5. The summed E-state index contributed by atoms with van der Waals surface area (Å²) in [6, 6.07) is -0.187. The fraction of sp³-hybridized carbons (Fsp3) is 0.846. The summed E-state index contributed by atoms with van der Waals surface area (Å²) in [6.07, 6.45) is 1.94. The molecule has 0 spiro atoms. The molecule has 0 saturated carbocycles. The third-order valence-electron chi connectivity index (χ3n) is 3.59. The van der Waals surface area contributed by atoms with Crippen LogP contribution in [0.3, 0.4) is 0 Å². The van der Waals surface area contributed by atoms with Crippen LogP contribution in [0.15, 0.2) is 4.52 Å². The van der Waals surface area contributed by atoms with E-state index in [1.807, 2.05) is 0 Å². The number of ether oxygens (including phenoxy) is 1. The van der Waals surface area contributed by atoms with Gasteiger partial charge < -0.3 is 15.0 Å². The Morgan fingerprint density at radius 1 is 1.37 bits per heavy atom. The van der Waals surface area contributed by atoms with Crippen LogP contribution in [0.5, 0.6) is 0 Å². The maximum absolute atomic E-state index is 6.14. The highest BCUT2D eigenvalue weighted by Crippen LogP contribution is 2.13. The number of morpholine rings is 1. The van der Waals surface area contributed by atoms with Crippen LogP contribution in [0.1, 0.15) is 38.0 Å². The van der Waals surface area contributed by atoms with Crippen LogP contribution in [0.25, 0.3) is 0 Å². The summed E-state index contributed by atoms with van der Waals surface area (Å²) in [7, 11) is 0. The molecule has 1 fully saturated rings. The Balaban J connectivity index is 1.86. The number of nitrogens with zero attached hydrogens (tertiary/aromatic N) is 3. The van der Waals surface area contributed by atoms with Gasteiger partial charge in [-0.05, 0) is 5.92 Å². The third-order valence-corrected chi connectivity index (χ3v) is 3.59. The summed E-state index contributed by atoms with van der Waals surface area (Å²) in [4.78, 5) is 6.68. The van der Waals surface area contributed by atoms with Gasteiger partial charge in [-0.15, -0.1) is 0 Å². The number of nitrogens with two attached hydrogens (primary N) is 1. The van der Waals surface area contributed by atoms with Crippen LogP contribution < -0.4 is 5.73 Å². The quantitative estimate of drug-likeness (QED) is 0.829. The Morgan fingerprint density at radius 3 is 2.79 bits per heavy atom. The normalized spacial score (nSPS) is 20.4. The predicted octanol–water partition coefficient (Wildman–Crippen LogP) is 0.990. The third kappa shape index (κ3) is 4.26. The van der Waals surface area contributed by atoms with Gasteiger partial charge in [-0.2, -0.15) is 4.98 Å². The lowest BCUT2D eigenvalue weighted by Crippen LogP contribution is -2.40. The topological polar surface area (TPSA) is 77.4 Å². The molecule has 2 atom stereocenters. The molecular weight excluding hydrogens is 244 g/mol. The molecular formula is C13H24N4O2. The van der Waals surface area contributed by atoms with Crippen molar-refractivity contribution in [3.05, 3.63) is 11.7 Å². The van der Waals surface area contributed by atoms with Gasteiger partial charge in [0, 0.05) is 26.1 Å². The molecule has 0 aliphatic carbocycles. The molecule has 108 valence electrons. The first-order chi connectivity index (χ1) is 9.19. The van der Waals surface area contributed by atoms with Crippen LogP contribution in [0, 0.1) is 5.92 Å². The minimum atomic E-state index is -0.187. The van der Waals surface area contributed by atoms with E-state index in [1.165, 1.54) is 0 Å². The fourth-order valence-corrected chi connectivity index (χ4v) is 2.09. The number of rotatable bonds is 6. The van der Waals surface area contributed by atoms with E-state index >= 15 is 0 Å². The van der Waals surface area contributed by atoms with E-state index in [9.17, 15) is 0 Å². The minimum absolute atomic E-state index is 0.187. The second-order valence-corrected chi connectivity index (χ2v) is 5.28. The van der Waals surface area contributed by atoms with E-state index in [0.717, 1.165) is 45.7 Å². The summed E-state index contributed by atoms with van der Waals surface area (Å²) in [5.74, 6) is 1.87. The van der Waals surface area contributed by atoms with Gasteiger partial charge in [0.1, 0.15) is 0 Å². The van der Waals surface area contributed by atoms with Crippen LogP contribution in [-0.4, -0.2) is 47.9 Å². The zero-order valence-corrected chi connectivity index (χ0v) is 11.8. The minimum Gasteiger partial charge on any atom is -0.379 e. The second kappa shape index (κ2) is 6.98. The Bertz CT molecular complexity index is 376. The molecule has 0 bridgehead atoms. The fourth-order valence-electron chi connectivity index (χ4n) is 2.09. The van der Waals surface area contributed by atoms with Crippen molar-refractivity contribution in [1.82, 2.24) is 15.0 Å². The van der Waals surface area contributed by atoms with Crippen molar-refractivity contribution in [1.29, 1.82) is 0 Å². The van der Waals surface area contributed by atoms with Gasteiger partial charge in [0.2, 0.25) is 5.89 Å². The summed E-state index contributed by atoms with van der Waals surface area (Å²) < 4.78 is 10.6. The zero-order valence-electron chi connectivity index (χ0n) is 11.8. The molecule has 6 heteroatoms. The molecule has 19 heavy (non-hydrogen) atoms. The molecule has 1 aliphatic rings. The van der Waals surface area contributed by atoms with E-state index in [1.54, 1.807) is 0 Å². The number of hydrogen-bond donors (Lipinski definition) is 1. The van der Waals surface area contributed by atoms with Crippen molar-refractivity contribution < 1.29 is 9.26 Å². The Labute approximate surface area is 114 Å². The lowest BCUT2D eigenvalue weighted by Gasteiger charge is -2.27. The molecule has 2 heterocycles. The smallest absolute Gasteiger partial charge is 0.226 e. The van der Waals surface area contributed by atoms with Crippen molar-refractivity contribution in [3.8, 4) is 0 Å². The van der Waals surface area contributed by atoms with Gasteiger partial charge in [-0.25, -0.2) is 0 Å². The SMILES string of the molecule is CCC(C)Cc1nc(C(N)CN2CCOCC2)no1. The summed E-state index contributed by atoms with van der Waals surface area (Å²) in [5, 5.41) is 4.00. The maximum Gasteiger partial charge on any atom is 0.226 e. The van der Waals surface area contributed by atoms with Crippen molar-refractivity contribution in [2.24, 2.45) is 11.7 Å². The van der Waals surface area contributed by atoms with E-state index in [2.05, 4.69) is 28.9 Å². The molecule has 0 aromatic carbocycles. The van der Waals surface area contributed by atoms with Crippen molar-refractivity contribution in [2.45, 2.75) is 32.7 Å². The molecule has 6 nitrogen and oxygen atoms in total. The summed E-state index contributed by atoms with van der Waals surface area (Å²) in [5.41, 5.74) is 6.14. The number of aromatic nitrogens is 2. The van der Waals surface area contributed by atoms with E-state index in [0.29, 0.717) is 17.6 Å². The van der Waals surface area contributed by atoms with E-state index in [4.69, 9.17) is 15.0 Å². The van der Waals surface area contributed by atoms with Gasteiger partial charge >= 0.3 is 0 Å². The number of hydrogen-bond acceptors (Lipinski definition) is 6. The predicted molar refractivity (Wildman–Crippen MR) is 71.6 cm³/mol. The monoisotopic (exact) mass is 268 g/mol. The highest BCUT2D eigenvalue weighted by molar-refractivity contribution is 4.95. The van der Waals surface area contributed by atoms with Crippen molar-refractivity contribution >= 4 is 0 Å². The van der Waals surface area contributed by atoms with E-state index < -0.39 is 0 Å². The van der Waals surface area contributed by atoms with Crippen molar-refractivity contribution in [3.63, 3.8) is 0 Å². The van der Waals surface area contributed by atoms with Gasteiger partial charge in [-0.3, -0.25) is 4.90 Å². The second-order valence-electron chi connectivity index (χ2n) is 5.28. The van der Waals surface area contributed by atoms with Crippen molar-refractivity contribution in [2.75, 3.05) is 32.8 Å². The molecule has 2 rings (SSSR count). The first kappa shape index (κ1) is 14.4. The largest absolute Gasteiger partial charge is 0.379 e. The Kier molecular flexibility index (Phi) is 5.30. The van der Waals surface area contributed by atoms with Gasteiger partial charge in [0.25, 0.3) is 0 Å². The summed E-state index contributed by atoms with van der Waals surface area (Å²) in [6.45, 7) is 8.49. The first-order valence-electron chi connectivity index (χ1n) is 7.07. The molecule has 1 aromatic heterocycles. The highest BCUT2D eigenvalue weighted by Gasteiger charge is 2.19. The molecule has 1 saturated heterocycles. The standard InChI is InChI=1S/C13H24N4O2/c1-3-10(2)8-12-15-13(16-19-12)11(14)9-17-4-6-18-7-5-17/h10-11H,3-9,14H2,1-2H3. The lowest BCUT2D eigenvalue weighted by atomic mass is 10.1. The Morgan fingerprint density at radius 2 is 2.11 bits per heavy atom. The van der Waals surface area contributed by atoms with E-state index in [-0.39, 0.29) is 6.04 Å². The molecule has 1 aliphatic heterocycles. The summed E-state index contributed by atoms with van der Waals surface area (Å²) >= 11 is 0. The lowest BCUT2D eigenvalue weighted by molar-refractivity contribution is 0.0348. The van der Waals surface area contributed by atoms with Gasteiger partial charge in [0.15, 0.2) is 5.82 Å². The van der Waals surface area contributed by atoms with Gasteiger partial charge in [-0.1, -0.05) is 25.4 Å². The average molecular weight is 268 g/mol. The van der Waals surface area contributed by atoms with Crippen LogP contribution in [0.4, 0.5) is 0 Å². The van der Waals surface area contributed by atoms with Crippen LogP contribution >= 0.6 is 0 Å². The van der Waals surface area contributed by atoms with Crippen LogP contribution in [0.2, 0.25) is 0 Å². The van der Waals surface area contributed by atoms with Crippen LogP contribution in [-0.2, 0) is 11.2 Å². The van der Waals surface area contributed by atoms with Gasteiger partial charge in [0.05, 0.1) is 19.3 Å². The molecule has 2 N–H and O–H groups in total. The molecule has 1 aromatic rings. The average Bonchev–Trinajstić information content (AvgIpc) is 2.88. The maximum atomic E-state index is 6.14. The first-order valence-corrected chi connectivity index (χ1v) is 7.07. The Hall–Kier alpha value is -0.980.